The fourth-order valence-electron chi connectivity index (χ4n) is 2.47. The lowest BCUT2D eigenvalue weighted by Crippen LogP contribution is -2.16. The molecular formula is C17H14ClF2N3O3S2. The summed E-state index contributed by atoms with van der Waals surface area (Å²) in [6.45, 7) is 1.58. The predicted molar refractivity (Wildman–Crippen MR) is 104 cm³/mol. The first-order valence-corrected chi connectivity index (χ1v) is 10.6. The minimum Gasteiger partial charge on any atom is -0.508 e. The number of aromatic hydroxyl groups is 1. The summed E-state index contributed by atoms with van der Waals surface area (Å²) in [7, 11) is -4.23. The van der Waals surface area contributed by atoms with Gasteiger partial charge in [-0.15, -0.1) is 11.3 Å². The number of nitrogens with zero attached hydrogens (tertiary/aromatic N) is 1. The van der Waals surface area contributed by atoms with Crippen LogP contribution in [-0.2, 0) is 10.0 Å². The largest absolute Gasteiger partial charge is 0.508 e. The van der Waals surface area contributed by atoms with E-state index in [1.165, 1.54) is 34.4 Å². The van der Waals surface area contributed by atoms with Crippen LogP contribution in [0, 0.1) is 11.6 Å². The molecule has 0 radical (unpaired) electrons. The maximum Gasteiger partial charge on any atom is 0.266 e. The molecule has 148 valence electrons. The van der Waals surface area contributed by atoms with Crippen LogP contribution in [0.3, 0.4) is 0 Å². The van der Waals surface area contributed by atoms with Crippen LogP contribution in [0.25, 0.3) is 0 Å². The minimum absolute atomic E-state index is 0.0655. The van der Waals surface area contributed by atoms with E-state index in [0.717, 1.165) is 18.2 Å². The molecular weight excluding hydrogens is 432 g/mol. The van der Waals surface area contributed by atoms with E-state index in [9.17, 15) is 22.3 Å². The second kappa shape index (κ2) is 7.90. The number of hydrogen-bond acceptors (Lipinski definition) is 6. The number of thiazole rings is 1. The first-order valence-electron chi connectivity index (χ1n) is 7.82. The molecule has 1 heterocycles. The summed E-state index contributed by atoms with van der Waals surface area (Å²) >= 11 is 7.29. The Morgan fingerprint density at radius 2 is 1.96 bits per heavy atom. The second-order valence-corrected chi connectivity index (χ2v) is 8.59. The normalized spacial score (nSPS) is 12.6. The molecule has 3 aromatic rings. The summed E-state index contributed by atoms with van der Waals surface area (Å²) in [5.74, 6) is -1.67. The molecule has 0 aliphatic rings. The fourth-order valence-corrected chi connectivity index (χ4v) is 4.40. The third-order valence-electron chi connectivity index (χ3n) is 3.80. The summed E-state index contributed by atoms with van der Waals surface area (Å²) in [5.41, 5.74) is 1.64. The standard InChI is InChI=1S/C17H14ClF2N3O3S2/c1-9(11-4-10(24)2-3-13(11)19)22-15-6-14(20)16(5-12(15)18)28(25,26)23-17-7-27-8-21-17/h2-9,22-24H,1H3/t9-/m0/s1. The molecule has 0 saturated carbocycles. The Balaban J connectivity index is 1.88. The number of rotatable bonds is 6. The average Bonchev–Trinajstić information content (AvgIpc) is 3.11. The zero-order valence-electron chi connectivity index (χ0n) is 14.3. The van der Waals surface area contributed by atoms with Gasteiger partial charge in [0, 0.05) is 10.9 Å². The molecule has 1 aromatic heterocycles. The van der Waals surface area contributed by atoms with Crippen LogP contribution in [0.5, 0.6) is 5.75 Å². The number of sulfonamides is 1. The van der Waals surface area contributed by atoms with Crippen molar-refractivity contribution < 1.29 is 22.3 Å². The molecule has 0 saturated heterocycles. The molecule has 0 spiro atoms. The highest BCUT2D eigenvalue weighted by Gasteiger charge is 2.23. The lowest BCUT2D eigenvalue weighted by atomic mass is 10.1. The van der Waals surface area contributed by atoms with Crippen molar-refractivity contribution >= 4 is 44.5 Å². The Labute approximate surface area is 168 Å². The Hall–Kier alpha value is -2.43. The van der Waals surface area contributed by atoms with E-state index in [1.807, 2.05) is 0 Å². The number of phenolic OH excluding ortho intramolecular Hbond substituents is 1. The molecule has 28 heavy (non-hydrogen) atoms. The van der Waals surface area contributed by atoms with Crippen LogP contribution in [0.1, 0.15) is 18.5 Å². The molecule has 3 rings (SSSR count). The smallest absolute Gasteiger partial charge is 0.266 e. The number of anilines is 2. The summed E-state index contributed by atoms with van der Waals surface area (Å²) in [5, 5.41) is 13.7. The van der Waals surface area contributed by atoms with E-state index in [2.05, 4.69) is 15.0 Å². The number of halogens is 3. The molecule has 6 nitrogen and oxygen atoms in total. The van der Waals surface area contributed by atoms with Gasteiger partial charge < -0.3 is 10.4 Å². The molecule has 0 unspecified atom stereocenters. The van der Waals surface area contributed by atoms with Crippen LogP contribution in [0.4, 0.5) is 20.3 Å². The molecule has 0 aliphatic heterocycles. The van der Waals surface area contributed by atoms with Gasteiger partial charge in [-0.1, -0.05) is 11.6 Å². The van der Waals surface area contributed by atoms with Crippen LogP contribution < -0.4 is 10.0 Å². The Bertz CT molecular complexity index is 1110. The zero-order valence-corrected chi connectivity index (χ0v) is 16.7. The lowest BCUT2D eigenvalue weighted by Gasteiger charge is -2.18. The summed E-state index contributed by atoms with van der Waals surface area (Å²) < 4.78 is 55.3. The Kier molecular flexibility index (Phi) is 5.73. The van der Waals surface area contributed by atoms with Crippen molar-refractivity contribution in [2.75, 3.05) is 10.0 Å². The summed E-state index contributed by atoms with van der Waals surface area (Å²) in [4.78, 5) is 3.14. The maximum atomic E-state index is 14.5. The van der Waals surface area contributed by atoms with Gasteiger partial charge >= 0.3 is 0 Å². The minimum atomic E-state index is -4.23. The van der Waals surface area contributed by atoms with Crippen LogP contribution in [0.2, 0.25) is 5.02 Å². The van der Waals surface area contributed by atoms with Gasteiger partial charge in [0.2, 0.25) is 0 Å². The van der Waals surface area contributed by atoms with Gasteiger partial charge in [0.05, 0.1) is 22.3 Å². The van der Waals surface area contributed by atoms with Crippen molar-refractivity contribution in [3.8, 4) is 5.75 Å². The van der Waals surface area contributed by atoms with E-state index in [4.69, 9.17) is 11.6 Å². The summed E-state index contributed by atoms with van der Waals surface area (Å²) in [6.07, 6.45) is 0. The van der Waals surface area contributed by atoms with Gasteiger partial charge in [-0.2, -0.15) is 0 Å². The predicted octanol–water partition coefficient (Wildman–Crippen LogP) is 4.75. The van der Waals surface area contributed by atoms with Crippen LogP contribution in [0.15, 0.2) is 46.1 Å². The van der Waals surface area contributed by atoms with E-state index in [0.29, 0.717) is 0 Å². The van der Waals surface area contributed by atoms with Gasteiger partial charge in [-0.05, 0) is 37.3 Å². The monoisotopic (exact) mass is 445 g/mol. The average molecular weight is 446 g/mol. The first-order chi connectivity index (χ1) is 13.2. The Morgan fingerprint density at radius 3 is 2.64 bits per heavy atom. The van der Waals surface area contributed by atoms with Crippen LogP contribution >= 0.6 is 22.9 Å². The SMILES string of the molecule is C[C@H](Nc1cc(F)c(S(=O)(=O)Nc2cscn2)cc1Cl)c1cc(O)ccc1F. The van der Waals surface area contributed by atoms with Crippen molar-refractivity contribution in [2.24, 2.45) is 0 Å². The Morgan fingerprint density at radius 1 is 1.21 bits per heavy atom. The van der Waals surface area contributed by atoms with Gasteiger partial charge in [-0.25, -0.2) is 22.2 Å². The number of hydrogen-bond donors (Lipinski definition) is 3. The number of phenols is 1. The fraction of sp³-hybridized carbons (Fsp3) is 0.118. The highest BCUT2D eigenvalue weighted by Crippen LogP contribution is 2.32. The maximum absolute atomic E-state index is 14.5. The van der Waals surface area contributed by atoms with Crippen molar-refractivity contribution in [3.63, 3.8) is 0 Å². The zero-order chi connectivity index (χ0) is 20.5. The molecule has 0 aliphatic carbocycles. The molecule has 11 heteroatoms. The molecule has 1 atom stereocenters. The topological polar surface area (TPSA) is 91.3 Å². The van der Waals surface area contributed by atoms with E-state index in [1.54, 1.807) is 6.92 Å². The second-order valence-electron chi connectivity index (χ2n) is 5.81. The van der Waals surface area contributed by atoms with E-state index < -0.39 is 32.6 Å². The van der Waals surface area contributed by atoms with Crippen molar-refractivity contribution in [1.29, 1.82) is 0 Å². The number of benzene rings is 2. The van der Waals surface area contributed by atoms with Crippen molar-refractivity contribution in [3.05, 3.63) is 63.4 Å². The third kappa shape index (κ3) is 4.34. The van der Waals surface area contributed by atoms with Gasteiger partial charge in [-0.3, -0.25) is 4.72 Å². The molecule has 0 amide bonds. The van der Waals surface area contributed by atoms with E-state index >= 15 is 0 Å². The van der Waals surface area contributed by atoms with Crippen LogP contribution in [-0.4, -0.2) is 18.5 Å². The number of nitrogens with one attached hydrogen (secondary N) is 2. The molecule has 0 bridgehead atoms. The van der Waals surface area contributed by atoms with Gasteiger partial charge in [0.1, 0.15) is 22.3 Å². The quantitative estimate of drug-likeness (QED) is 0.509. The lowest BCUT2D eigenvalue weighted by molar-refractivity contribution is 0.470. The third-order valence-corrected chi connectivity index (χ3v) is 6.07. The van der Waals surface area contributed by atoms with Gasteiger partial charge in [0.15, 0.2) is 5.82 Å². The van der Waals surface area contributed by atoms with E-state index in [-0.39, 0.29) is 27.8 Å². The van der Waals surface area contributed by atoms with Gasteiger partial charge in [0.25, 0.3) is 10.0 Å². The molecule has 0 fully saturated rings. The number of aromatic nitrogens is 1. The summed E-state index contributed by atoms with van der Waals surface area (Å²) in [6, 6.07) is 4.72. The first kappa shape index (κ1) is 20.3. The molecule has 3 N–H and O–H groups in total. The van der Waals surface area contributed by atoms with Crippen molar-refractivity contribution in [2.45, 2.75) is 17.9 Å². The highest BCUT2D eigenvalue weighted by molar-refractivity contribution is 7.92. The molecule has 2 aromatic carbocycles. The van der Waals surface area contributed by atoms with Crippen molar-refractivity contribution in [1.82, 2.24) is 4.98 Å². The highest BCUT2D eigenvalue weighted by atomic mass is 35.5.